The monoisotopic (exact) mass is 492 g/mol. The molecule has 0 radical (unpaired) electrons. The maximum Gasteiger partial charge on any atom is 0.221 e. The van der Waals surface area contributed by atoms with Gasteiger partial charge in [0.15, 0.2) is 0 Å². The maximum absolute atomic E-state index is 13.2. The van der Waals surface area contributed by atoms with E-state index in [0.29, 0.717) is 24.5 Å². The molecule has 3 heteroatoms. The molecule has 2 heterocycles. The Labute approximate surface area is 222 Å². The van der Waals surface area contributed by atoms with Crippen LogP contribution in [-0.2, 0) is 4.79 Å². The molecule has 3 unspecified atom stereocenters. The van der Waals surface area contributed by atoms with Gasteiger partial charge in [0.1, 0.15) is 0 Å². The van der Waals surface area contributed by atoms with Gasteiger partial charge >= 0.3 is 0 Å². The van der Waals surface area contributed by atoms with Crippen LogP contribution in [-0.4, -0.2) is 23.4 Å². The second-order valence-electron chi connectivity index (χ2n) is 11.6. The number of carbonyl (C=O) groups is 1. The van der Waals surface area contributed by atoms with Crippen molar-refractivity contribution in [3.63, 3.8) is 0 Å². The van der Waals surface area contributed by atoms with Crippen molar-refractivity contribution in [1.29, 1.82) is 0 Å². The quantitative estimate of drug-likeness (QED) is 0.354. The van der Waals surface area contributed by atoms with Gasteiger partial charge in [0, 0.05) is 30.5 Å². The molecule has 3 aromatic carbocycles. The van der Waals surface area contributed by atoms with Crippen LogP contribution in [0, 0.1) is 12.8 Å². The van der Waals surface area contributed by atoms with E-state index in [2.05, 4.69) is 89.9 Å². The van der Waals surface area contributed by atoms with Crippen molar-refractivity contribution >= 4 is 5.91 Å². The number of rotatable bonds is 8. The second kappa shape index (κ2) is 10.8. The van der Waals surface area contributed by atoms with E-state index in [-0.39, 0.29) is 11.8 Å². The third-order valence-electron chi connectivity index (χ3n) is 9.31. The van der Waals surface area contributed by atoms with Crippen molar-refractivity contribution in [1.82, 2.24) is 10.2 Å². The highest BCUT2D eigenvalue weighted by molar-refractivity contribution is 5.78. The number of nitrogens with zero attached hydrogens (tertiary/aromatic N) is 1. The molecule has 6 rings (SSSR count). The summed E-state index contributed by atoms with van der Waals surface area (Å²) in [5.74, 6) is 1.07. The average molecular weight is 493 g/mol. The van der Waals surface area contributed by atoms with Gasteiger partial charge in [-0.15, -0.1) is 0 Å². The molecule has 192 valence electrons. The molecule has 1 N–H and O–H groups in total. The van der Waals surface area contributed by atoms with Gasteiger partial charge in [-0.05, 0) is 86.6 Å². The highest BCUT2D eigenvalue weighted by atomic mass is 16.1. The van der Waals surface area contributed by atoms with Crippen molar-refractivity contribution in [2.45, 2.75) is 82.3 Å². The molecule has 1 saturated heterocycles. The minimum Gasteiger partial charge on any atom is -0.353 e. The fourth-order valence-electron chi connectivity index (χ4n) is 7.27. The van der Waals surface area contributed by atoms with Crippen molar-refractivity contribution in [2.24, 2.45) is 5.92 Å². The number of benzene rings is 3. The third kappa shape index (κ3) is 5.25. The van der Waals surface area contributed by atoms with E-state index in [1.54, 1.807) is 11.1 Å². The smallest absolute Gasteiger partial charge is 0.221 e. The number of hydrogen-bond donors (Lipinski definition) is 1. The molecule has 2 aliphatic heterocycles. The highest BCUT2D eigenvalue weighted by Crippen LogP contribution is 2.53. The Balaban J connectivity index is 0.997. The van der Waals surface area contributed by atoms with Crippen molar-refractivity contribution < 1.29 is 4.79 Å². The van der Waals surface area contributed by atoms with E-state index in [1.165, 1.54) is 55.3 Å². The molecule has 0 aromatic heterocycles. The van der Waals surface area contributed by atoms with Gasteiger partial charge in [0.2, 0.25) is 5.91 Å². The van der Waals surface area contributed by atoms with Gasteiger partial charge in [-0.25, -0.2) is 0 Å². The Morgan fingerprint density at radius 3 is 2.03 bits per heavy atom. The molecule has 3 aromatic rings. The molecular weight excluding hydrogens is 452 g/mol. The first-order valence-corrected chi connectivity index (χ1v) is 14.4. The second-order valence-corrected chi connectivity index (χ2v) is 11.6. The minimum absolute atomic E-state index is 0.0955. The van der Waals surface area contributed by atoms with Gasteiger partial charge in [-0.3, -0.25) is 9.69 Å². The SMILES string of the molecule is Cc1ccc(C(CC(=O)NC2CCC(CCN3C4CCC3c3ccccc34)CC2)c2ccccc2)cc1. The highest BCUT2D eigenvalue weighted by Gasteiger charge is 2.43. The Hall–Kier alpha value is -2.91. The molecular formula is C34H40N2O. The summed E-state index contributed by atoms with van der Waals surface area (Å²) in [6, 6.07) is 29.9. The summed E-state index contributed by atoms with van der Waals surface area (Å²) in [7, 11) is 0. The van der Waals surface area contributed by atoms with Gasteiger partial charge in [-0.2, -0.15) is 0 Å². The van der Waals surface area contributed by atoms with Crippen LogP contribution in [0.4, 0.5) is 0 Å². The lowest BCUT2D eigenvalue weighted by atomic mass is 9.83. The normalized spacial score (nSPS) is 25.5. The van der Waals surface area contributed by atoms with Crippen LogP contribution >= 0.6 is 0 Å². The number of amides is 1. The Morgan fingerprint density at radius 1 is 0.784 bits per heavy atom. The van der Waals surface area contributed by atoms with E-state index >= 15 is 0 Å². The van der Waals surface area contributed by atoms with E-state index in [9.17, 15) is 4.79 Å². The number of nitrogens with one attached hydrogen (secondary N) is 1. The fourth-order valence-corrected chi connectivity index (χ4v) is 7.27. The van der Waals surface area contributed by atoms with Crippen molar-refractivity contribution in [3.05, 3.63) is 107 Å². The summed E-state index contributed by atoms with van der Waals surface area (Å²) in [4.78, 5) is 16.0. The molecule has 37 heavy (non-hydrogen) atoms. The molecule has 0 spiro atoms. The summed E-state index contributed by atoms with van der Waals surface area (Å²) in [6.45, 7) is 3.33. The van der Waals surface area contributed by atoms with Crippen molar-refractivity contribution in [2.75, 3.05) is 6.54 Å². The van der Waals surface area contributed by atoms with Crippen molar-refractivity contribution in [3.8, 4) is 0 Å². The lowest BCUT2D eigenvalue weighted by Gasteiger charge is -2.31. The lowest BCUT2D eigenvalue weighted by Crippen LogP contribution is -2.38. The molecule has 3 atom stereocenters. The van der Waals surface area contributed by atoms with E-state index in [4.69, 9.17) is 0 Å². The van der Waals surface area contributed by atoms with Gasteiger partial charge in [0.05, 0.1) is 0 Å². The third-order valence-corrected chi connectivity index (χ3v) is 9.31. The summed E-state index contributed by atoms with van der Waals surface area (Å²) >= 11 is 0. The Bertz CT molecular complexity index is 1160. The summed E-state index contributed by atoms with van der Waals surface area (Å²) in [5, 5.41) is 3.40. The predicted molar refractivity (Wildman–Crippen MR) is 150 cm³/mol. The van der Waals surface area contributed by atoms with Crippen LogP contribution in [0.15, 0.2) is 78.9 Å². The topological polar surface area (TPSA) is 32.3 Å². The molecule has 1 amide bonds. The Kier molecular flexibility index (Phi) is 7.15. The molecule has 1 saturated carbocycles. The molecule has 2 fully saturated rings. The van der Waals surface area contributed by atoms with Gasteiger partial charge in [0.25, 0.3) is 0 Å². The summed E-state index contributed by atoms with van der Waals surface area (Å²) < 4.78 is 0. The van der Waals surface area contributed by atoms with Crippen LogP contribution in [0.3, 0.4) is 0 Å². The molecule has 3 nitrogen and oxygen atoms in total. The minimum atomic E-state index is 0.0955. The van der Waals surface area contributed by atoms with Crippen LogP contribution in [0.1, 0.15) is 97.2 Å². The van der Waals surface area contributed by atoms with Crippen LogP contribution in [0.2, 0.25) is 0 Å². The zero-order valence-electron chi connectivity index (χ0n) is 22.1. The van der Waals surface area contributed by atoms with Gasteiger partial charge in [-0.1, -0.05) is 84.4 Å². The first-order chi connectivity index (χ1) is 18.2. The number of fused-ring (bicyclic) bond motifs is 5. The number of hydrogen-bond acceptors (Lipinski definition) is 2. The zero-order chi connectivity index (χ0) is 25.2. The Morgan fingerprint density at radius 2 is 1.38 bits per heavy atom. The predicted octanol–water partition coefficient (Wildman–Crippen LogP) is 7.47. The largest absolute Gasteiger partial charge is 0.353 e. The van der Waals surface area contributed by atoms with E-state index < -0.39 is 0 Å². The van der Waals surface area contributed by atoms with E-state index in [0.717, 1.165) is 18.8 Å². The number of aryl methyl sites for hydroxylation is 1. The molecule has 3 aliphatic rings. The average Bonchev–Trinajstić information content (AvgIpc) is 3.49. The lowest BCUT2D eigenvalue weighted by molar-refractivity contribution is -0.122. The van der Waals surface area contributed by atoms with Gasteiger partial charge < -0.3 is 5.32 Å². The summed E-state index contributed by atoms with van der Waals surface area (Å²) in [6.07, 6.45) is 9.16. The maximum atomic E-state index is 13.2. The van der Waals surface area contributed by atoms with E-state index in [1.807, 2.05) is 6.07 Å². The van der Waals surface area contributed by atoms with Crippen LogP contribution < -0.4 is 5.32 Å². The molecule has 1 aliphatic carbocycles. The standard InChI is InChI=1S/C34H40N2O/c1-24-11-15-27(16-12-24)31(26-7-3-2-4-8-26)23-34(37)35-28-17-13-25(14-18-28)21-22-36-32-19-20-33(36)30-10-6-5-9-29(30)32/h2-12,15-16,25,28,31-33H,13-14,17-23H2,1H3,(H,35,37). The summed E-state index contributed by atoms with van der Waals surface area (Å²) in [5.41, 5.74) is 6.85. The zero-order valence-corrected chi connectivity index (χ0v) is 22.1. The first-order valence-electron chi connectivity index (χ1n) is 14.4. The fraction of sp³-hybridized carbons (Fsp3) is 0.441. The molecule has 2 bridgehead atoms. The van der Waals surface area contributed by atoms with Crippen LogP contribution in [0.5, 0.6) is 0 Å². The number of carbonyl (C=O) groups excluding carboxylic acids is 1. The first kappa shape index (κ1) is 24.4. The van der Waals surface area contributed by atoms with Crippen LogP contribution in [0.25, 0.3) is 0 Å².